The Bertz CT molecular complexity index is 929. The number of aromatic nitrogens is 5. The predicted octanol–water partition coefficient (Wildman–Crippen LogP) is 1.66. The second kappa shape index (κ2) is 7.18. The van der Waals surface area contributed by atoms with Gasteiger partial charge >= 0.3 is 5.97 Å². The van der Waals surface area contributed by atoms with Gasteiger partial charge in [0.2, 0.25) is 5.78 Å². The molecule has 0 aliphatic heterocycles. The van der Waals surface area contributed by atoms with Crippen molar-refractivity contribution in [2.24, 2.45) is 0 Å². The van der Waals surface area contributed by atoms with E-state index in [2.05, 4.69) is 20.5 Å². The molecule has 0 saturated carbocycles. The Kier molecular flexibility index (Phi) is 4.78. The molecule has 0 bridgehead atoms. The molecule has 0 atom stereocenters. The fraction of sp³-hybridized carbons (Fsp3) is 0.235. The van der Waals surface area contributed by atoms with Gasteiger partial charge < -0.3 is 14.5 Å². The number of hydrogen-bond acceptors (Lipinski definition) is 7. The van der Waals surface area contributed by atoms with Gasteiger partial charge in [-0.05, 0) is 54.1 Å². The van der Waals surface area contributed by atoms with Crippen molar-refractivity contribution in [2.75, 3.05) is 13.7 Å². The molecule has 3 rings (SSSR count). The van der Waals surface area contributed by atoms with Crippen molar-refractivity contribution in [2.45, 2.75) is 13.8 Å². The second-order valence-electron chi connectivity index (χ2n) is 5.58. The van der Waals surface area contributed by atoms with Gasteiger partial charge in [0.1, 0.15) is 12.1 Å². The number of H-pyrrole nitrogens is 1. The van der Waals surface area contributed by atoms with Crippen molar-refractivity contribution in [1.29, 1.82) is 0 Å². The van der Waals surface area contributed by atoms with Crippen LogP contribution < -0.4 is 4.74 Å². The van der Waals surface area contributed by atoms with Crippen LogP contribution in [0.3, 0.4) is 0 Å². The molecule has 3 aromatic rings. The number of ketones is 1. The molecule has 1 N–H and O–H groups in total. The van der Waals surface area contributed by atoms with Crippen molar-refractivity contribution >= 4 is 11.8 Å². The van der Waals surface area contributed by atoms with E-state index in [-0.39, 0.29) is 12.4 Å². The lowest BCUT2D eigenvalue weighted by molar-refractivity contribution is 0.0599. The van der Waals surface area contributed by atoms with Crippen LogP contribution in [0.5, 0.6) is 5.75 Å². The summed E-state index contributed by atoms with van der Waals surface area (Å²) in [6.07, 6.45) is 1.48. The van der Waals surface area contributed by atoms with Gasteiger partial charge in [-0.1, -0.05) is 0 Å². The van der Waals surface area contributed by atoms with Gasteiger partial charge in [-0.15, -0.1) is 5.10 Å². The van der Waals surface area contributed by atoms with Crippen LogP contribution >= 0.6 is 0 Å². The molecule has 9 nitrogen and oxygen atoms in total. The minimum Gasteiger partial charge on any atom is -0.485 e. The third-order valence-corrected chi connectivity index (χ3v) is 3.93. The standard InChI is InChI=1S/C17H17N5O4/c1-10-15(17(24)25-3)11(2)19-16(10)14(23)8-26-13-6-4-12(5-7-13)22-9-18-20-21-22/h4-7,9,19H,8H2,1-3H3. The monoisotopic (exact) mass is 355 g/mol. The molecule has 0 amide bonds. The average Bonchev–Trinajstić information content (AvgIpc) is 3.28. The van der Waals surface area contributed by atoms with Gasteiger partial charge in [-0.3, -0.25) is 4.79 Å². The highest BCUT2D eigenvalue weighted by molar-refractivity contribution is 6.02. The number of rotatable bonds is 6. The van der Waals surface area contributed by atoms with Gasteiger partial charge in [0.05, 0.1) is 24.1 Å². The Morgan fingerprint density at radius 1 is 1.19 bits per heavy atom. The molecule has 0 radical (unpaired) electrons. The molecule has 0 unspecified atom stereocenters. The first-order chi connectivity index (χ1) is 12.5. The maximum Gasteiger partial charge on any atom is 0.339 e. The molecule has 0 fully saturated rings. The van der Waals surface area contributed by atoms with E-state index in [4.69, 9.17) is 9.47 Å². The summed E-state index contributed by atoms with van der Waals surface area (Å²) in [5.41, 5.74) is 2.63. The number of hydrogen-bond donors (Lipinski definition) is 1. The van der Waals surface area contributed by atoms with Crippen LogP contribution in [0.4, 0.5) is 0 Å². The second-order valence-corrected chi connectivity index (χ2v) is 5.58. The Hall–Kier alpha value is -3.49. The van der Waals surface area contributed by atoms with Crippen LogP contribution in [-0.2, 0) is 4.74 Å². The number of benzene rings is 1. The molecule has 2 aromatic heterocycles. The van der Waals surface area contributed by atoms with Gasteiger partial charge in [0, 0.05) is 5.69 Å². The number of nitrogens with one attached hydrogen (secondary N) is 1. The Balaban J connectivity index is 1.68. The normalized spacial score (nSPS) is 10.6. The molecule has 0 aliphatic carbocycles. The lowest BCUT2D eigenvalue weighted by Crippen LogP contribution is -2.13. The first-order valence-electron chi connectivity index (χ1n) is 7.78. The number of carbonyl (C=O) groups excluding carboxylic acids is 2. The summed E-state index contributed by atoms with van der Waals surface area (Å²) in [5, 5.41) is 10.9. The van der Waals surface area contributed by atoms with E-state index in [1.54, 1.807) is 38.1 Å². The minimum atomic E-state index is -0.477. The van der Waals surface area contributed by atoms with Crippen LogP contribution in [0.25, 0.3) is 5.69 Å². The number of Topliss-reactive ketones (excluding diaryl/α,β-unsaturated/α-hetero) is 1. The number of esters is 1. The summed E-state index contributed by atoms with van der Waals surface area (Å²) in [5.74, 6) is -0.205. The molecule has 0 aliphatic rings. The molecule has 26 heavy (non-hydrogen) atoms. The minimum absolute atomic E-state index is 0.161. The lowest BCUT2D eigenvalue weighted by atomic mass is 10.1. The van der Waals surface area contributed by atoms with Crippen molar-refractivity contribution in [1.82, 2.24) is 25.2 Å². The Labute approximate surface area is 148 Å². The summed E-state index contributed by atoms with van der Waals surface area (Å²) >= 11 is 0. The van der Waals surface area contributed by atoms with E-state index >= 15 is 0 Å². The number of carbonyl (C=O) groups is 2. The van der Waals surface area contributed by atoms with Crippen molar-refractivity contribution < 1.29 is 19.1 Å². The molecule has 134 valence electrons. The highest BCUT2D eigenvalue weighted by Gasteiger charge is 2.22. The number of methoxy groups -OCH3 is 1. The average molecular weight is 355 g/mol. The topological polar surface area (TPSA) is 112 Å². The highest BCUT2D eigenvalue weighted by Crippen LogP contribution is 2.20. The first kappa shape index (κ1) is 17.3. The zero-order valence-corrected chi connectivity index (χ0v) is 14.5. The van der Waals surface area contributed by atoms with Gasteiger partial charge in [0.25, 0.3) is 0 Å². The van der Waals surface area contributed by atoms with Crippen molar-refractivity contribution in [3.05, 3.63) is 53.1 Å². The van der Waals surface area contributed by atoms with E-state index in [0.29, 0.717) is 28.3 Å². The molecular weight excluding hydrogens is 338 g/mol. The summed E-state index contributed by atoms with van der Waals surface area (Å²) in [6, 6.07) is 6.99. The molecular formula is C17H17N5O4. The number of tetrazole rings is 1. The molecule has 2 heterocycles. The third kappa shape index (κ3) is 3.32. The number of aromatic amines is 1. The summed E-state index contributed by atoms with van der Waals surface area (Å²) in [7, 11) is 1.30. The van der Waals surface area contributed by atoms with Crippen LogP contribution in [0.1, 0.15) is 32.1 Å². The van der Waals surface area contributed by atoms with Gasteiger partial charge in [-0.2, -0.15) is 0 Å². The maximum absolute atomic E-state index is 12.4. The van der Waals surface area contributed by atoms with E-state index in [9.17, 15) is 9.59 Å². The van der Waals surface area contributed by atoms with Crippen molar-refractivity contribution in [3.63, 3.8) is 0 Å². The largest absolute Gasteiger partial charge is 0.485 e. The highest BCUT2D eigenvalue weighted by atomic mass is 16.5. The lowest BCUT2D eigenvalue weighted by Gasteiger charge is -2.06. The number of nitrogens with zero attached hydrogens (tertiary/aromatic N) is 4. The Morgan fingerprint density at radius 3 is 2.54 bits per heavy atom. The van der Waals surface area contributed by atoms with Crippen LogP contribution in [0, 0.1) is 13.8 Å². The van der Waals surface area contributed by atoms with Gasteiger partial charge in [-0.25, -0.2) is 9.48 Å². The SMILES string of the molecule is COC(=O)c1c(C)[nH]c(C(=O)COc2ccc(-n3cnnn3)cc2)c1C. The fourth-order valence-corrected chi connectivity index (χ4v) is 2.63. The van der Waals surface area contributed by atoms with Crippen LogP contribution in [0.2, 0.25) is 0 Å². The Morgan fingerprint density at radius 2 is 1.92 bits per heavy atom. The molecule has 0 spiro atoms. The molecule has 9 heteroatoms. The quantitative estimate of drug-likeness (QED) is 0.528. The smallest absolute Gasteiger partial charge is 0.339 e. The van der Waals surface area contributed by atoms with E-state index in [1.807, 2.05) is 0 Å². The predicted molar refractivity (Wildman–Crippen MR) is 90.6 cm³/mol. The zero-order valence-electron chi connectivity index (χ0n) is 14.5. The van der Waals surface area contributed by atoms with Crippen molar-refractivity contribution in [3.8, 4) is 11.4 Å². The van der Waals surface area contributed by atoms with E-state index < -0.39 is 5.97 Å². The maximum atomic E-state index is 12.4. The third-order valence-electron chi connectivity index (χ3n) is 3.93. The van der Waals surface area contributed by atoms with Gasteiger partial charge in [0.15, 0.2) is 6.61 Å². The number of ether oxygens (including phenoxy) is 2. The summed E-state index contributed by atoms with van der Waals surface area (Å²) in [4.78, 5) is 27.2. The summed E-state index contributed by atoms with van der Waals surface area (Å²) < 4.78 is 11.8. The van der Waals surface area contributed by atoms with Crippen LogP contribution in [-0.4, -0.2) is 50.7 Å². The zero-order chi connectivity index (χ0) is 18.7. The summed E-state index contributed by atoms with van der Waals surface area (Å²) in [6.45, 7) is 3.25. The fourth-order valence-electron chi connectivity index (χ4n) is 2.63. The number of aryl methyl sites for hydroxylation is 1. The molecule has 0 saturated heterocycles. The van der Waals surface area contributed by atoms with E-state index in [0.717, 1.165) is 5.69 Å². The van der Waals surface area contributed by atoms with E-state index in [1.165, 1.54) is 18.1 Å². The molecule has 1 aromatic carbocycles. The first-order valence-corrected chi connectivity index (χ1v) is 7.78. The van der Waals surface area contributed by atoms with Crippen LogP contribution in [0.15, 0.2) is 30.6 Å².